The summed E-state index contributed by atoms with van der Waals surface area (Å²) in [5.41, 5.74) is 8.00. The Bertz CT molecular complexity index is 717. The van der Waals surface area contributed by atoms with Crippen molar-refractivity contribution in [3.8, 4) is 0 Å². The minimum absolute atomic E-state index is 0. The smallest absolute Gasteiger partial charge is 0.270 e. The highest BCUT2D eigenvalue weighted by Gasteiger charge is 2.36. The van der Waals surface area contributed by atoms with E-state index in [1.54, 1.807) is 0 Å². The van der Waals surface area contributed by atoms with Crippen LogP contribution in [0.2, 0.25) is 0 Å². The van der Waals surface area contributed by atoms with Gasteiger partial charge in [-0.05, 0) is 53.9 Å². The van der Waals surface area contributed by atoms with Gasteiger partial charge in [0.2, 0.25) is 0 Å². The molecule has 1 saturated heterocycles. The molecule has 136 valence electrons. The molecule has 2 atom stereocenters. The Morgan fingerprint density at radius 2 is 1.96 bits per heavy atom. The minimum Gasteiger partial charge on any atom is -0.340 e. The normalized spacial score (nSPS) is 20.0. The molecule has 0 unspecified atom stereocenters. The van der Waals surface area contributed by atoms with Crippen molar-refractivity contribution in [3.05, 3.63) is 58.3 Å². The summed E-state index contributed by atoms with van der Waals surface area (Å²) in [5, 5.41) is 0. The van der Waals surface area contributed by atoms with Crippen LogP contribution < -0.4 is 5.73 Å². The molecule has 2 aromatic rings. The minimum atomic E-state index is 0. The highest BCUT2D eigenvalue weighted by atomic mass is 79.9. The Hall–Kier alpha value is -1.30. The van der Waals surface area contributed by atoms with Crippen LogP contribution >= 0.6 is 28.3 Å². The van der Waals surface area contributed by atoms with E-state index < -0.39 is 0 Å². The van der Waals surface area contributed by atoms with Gasteiger partial charge in [0.1, 0.15) is 5.69 Å². The maximum atomic E-state index is 13.1. The largest absolute Gasteiger partial charge is 0.340 e. The monoisotopic (exact) mass is 425 g/mol. The quantitative estimate of drug-likeness (QED) is 0.801. The maximum Gasteiger partial charge on any atom is 0.270 e. The molecular formula is C19H25BrClN3O. The van der Waals surface area contributed by atoms with E-state index in [4.69, 9.17) is 5.73 Å². The first-order valence-electron chi connectivity index (χ1n) is 8.43. The standard InChI is InChI=1S/C19H24BrN3O.ClH/c1-13(2)23-11-16(20)8-18(23)19(24)22-10-15(9-21)17(12-22)14-6-4-3-5-7-14;/h3-8,11,13,15,17H,9-10,12,21H2,1-2H3;1H/t15-,17+;/m1./s1. The third-order valence-electron chi connectivity index (χ3n) is 4.85. The molecule has 3 rings (SSSR count). The number of carbonyl (C=O) groups excluding carboxylic acids is 1. The summed E-state index contributed by atoms with van der Waals surface area (Å²) in [6.45, 7) is 6.21. The summed E-state index contributed by atoms with van der Waals surface area (Å²) in [5.74, 6) is 0.708. The van der Waals surface area contributed by atoms with E-state index in [0.717, 1.165) is 23.3 Å². The molecule has 1 aromatic carbocycles. The first-order chi connectivity index (χ1) is 11.5. The van der Waals surface area contributed by atoms with Crippen molar-refractivity contribution in [1.29, 1.82) is 0 Å². The Morgan fingerprint density at radius 1 is 1.28 bits per heavy atom. The zero-order valence-electron chi connectivity index (χ0n) is 14.6. The van der Waals surface area contributed by atoms with Crippen LogP contribution in [0.4, 0.5) is 0 Å². The Balaban J connectivity index is 0.00000225. The fourth-order valence-electron chi connectivity index (χ4n) is 3.56. The van der Waals surface area contributed by atoms with Gasteiger partial charge in [0.15, 0.2) is 0 Å². The van der Waals surface area contributed by atoms with E-state index in [1.165, 1.54) is 5.56 Å². The number of nitrogens with zero attached hydrogens (tertiary/aromatic N) is 2. The van der Waals surface area contributed by atoms with Crippen molar-refractivity contribution in [2.45, 2.75) is 25.8 Å². The molecule has 4 nitrogen and oxygen atoms in total. The van der Waals surface area contributed by atoms with Crippen LogP contribution in [0.25, 0.3) is 0 Å². The number of carbonyl (C=O) groups is 1. The van der Waals surface area contributed by atoms with Crippen molar-refractivity contribution >= 4 is 34.2 Å². The zero-order chi connectivity index (χ0) is 17.3. The summed E-state index contributed by atoms with van der Waals surface area (Å²) in [7, 11) is 0. The van der Waals surface area contributed by atoms with Crippen molar-refractivity contribution < 1.29 is 4.79 Å². The molecule has 25 heavy (non-hydrogen) atoms. The molecule has 1 aliphatic heterocycles. The van der Waals surface area contributed by atoms with Gasteiger partial charge in [-0.25, -0.2) is 0 Å². The number of halogens is 2. The van der Waals surface area contributed by atoms with E-state index in [-0.39, 0.29) is 24.4 Å². The zero-order valence-corrected chi connectivity index (χ0v) is 17.0. The molecule has 1 amide bonds. The number of benzene rings is 1. The van der Waals surface area contributed by atoms with Crippen molar-refractivity contribution in [2.24, 2.45) is 11.7 Å². The summed E-state index contributed by atoms with van der Waals surface area (Å²) in [6, 6.07) is 12.5. The SMILES string of the molecule is CC(C)n1cc(Br)cc1C(=O)N1C[C@@H](CN)[C@H](c2ccccc2)C1.Cl. The molecule has 1 aromatic heterocycles. The lowest BCUT2D eigenvalue weighted by molar-refractivity contribution is 0.0774. The predicted octanol–water partition coefficient (Wildman–Crippen LogP) is 4.07. The lowest BCUT2D eigenvalue weighted by Crippen LogP contribution is -2.31. The highest BCUT2D eigenvalue weighted by Crippen LogP contribution is 2.33. The Kier molecular flexibility index (Phi) is 6.72. The van der Waals surface area contributed by atoms with Gasteiger partial charge in [0.05, 0.1) is 0 Å². The van der Waals surface area contributed by atoms with E-state index in [1.807, 2.05) is 27.8 Å². The van der Waals surface area contributed by atoms with Crippen LogP contribution in [0.1, 0.15) is 41.9 Å². The van der Waals surface area contributed by atoms with Crippen LogP contribution in [-0.4, -0.2) is 35.0 Å². The van der Waals surface area contributed by atoms with Crippen molar-refractivity contribution in [3.63, 3.8) is 0 Å². The number of amides is 1. The molecule has 0 saturated carbocycles. The average molecular weight is 427 g/mol. The van der Waals surface area contributed by atoms with Gasteiger partial charge in [0.25, 0.3) is 5.91 Å². The molecule has 1 aliphatic rings. The molecule has 0 aliphatic carbocycles. The number of hydrogen-bond donors (Lipinski definition) is 1. The van der Waals surface area contributed by atoms with Gasteiger partial charge < -0.3 is 15.2 Å². The third-order valence-corrected chi connectivity index (χ3v) is 5.28. The molecule has 2 N–H and O–H groups in total. The summed E-state index contributed by atoms with van der Waals surface area (Å²) in [6.07, 6.45) is 1.98. The van der Waals surface area contributed by atoms with Crippen molar-refractivity contribution in [2.75, 3.05) is 19.6 Å². The second-order valence-corrected chi connectivity index (χ2v) is 7.68. The topological polar surface area (TPSA) is 51.3 Å². The summed E-state index contributed by atoms with van der Waals surface area (Å²) < 4.78 is 2.97. The lowest BCUT2D eigenvalue weighted by atomic mass is 9.89. The van der Waals surface area contributed by atoms with Crippen molar-refractivity contribution in [1.82, 2.24) is 9.47 Å². The maximum absolute atomic E-state index is 13.1. The first kappa shape index (κ1) is 20.0. The lowest BCUT2D eigenvalue weighted by Gasteiger charge is -2.19. The number of hydrogen-bond acceptors (Lipinski definition) is 2. The van der Waals surface area contributed by atoms with Crippen LogP contribution in [0.5, 0.6) is 0 Å². The highest BCUT2D eigenvalue weighted by molar-refractivity contribution is 9.10. The fourth-order valence-corrected chi connectivity index (χ4v) is 4.00. The summed E-state index contributed by atoms with van der Waals surface area (Å²) >= 11 is 3.49. The number of aromatic nitrogens is 1. The van der Waals surface area contributed by atoms with Gasteiger partial charge in [-0.15, -0.1) is 12.4 Å². The second-order valence-electron chi connectivity index (χ2n) is 6.77. The average Bonchev–Trinajstić information content (AvgIpc) is 3.18. The molecule has 1 fully saturated rings. The number of nitrogens with two attached hydrogens (primary N) is 1. The first-order valence-corrected chi connectivity index (χ1v) is 9.22. The van der Waals surface area contributed by atoms with Crippen LogP contribution in [0, 0.1) is 5.92 Å². The summed E-state index contributed by atoms with van der Waals surface area (Å²) in [4.78, 5) is 15.0. The number of likely N-dealkylation sites (tertiary alicyclic amines) is 1. The Morgan fingerprint density at radius 3 is 2.56 bits per heavy atom. The van der Waals surface area contributed by atoms with E-state index in [0.29, 0.717) is 18.4 Å². The van der Waals surface area contributed by atoms with Gasteiger partial charge in [0, 0.05) is 35.7 Å². The van der Waals surface area contributed by atoms with E-state index >= 15 is 0 Å². The molecule has 2 heterocycles. The molecule has 0 radical (unpaired) electrons. The third kappa shape index (κ3) is 4.10. The Labute approximate surface area is 163 Å². The number of rotatable bonds is 4. The van der Waals surface area contributed by atoms with Crippen LogP contribution in [0.3, 0.4) is 0 Å². The van der Waals surface area contributed by atoms with Crippen LogP contribution in [0.15, 0.2) is 47.1 Å². The molecular weight excluding hydrogens is 402 g/mol. The van der Waals surface area contributed by atoms with Gasteiger partial charge >= 0.3 is 0 Å². The molecule has 0 bridgehead atoms. The van der Waals surface area contributed by atoms with E-state index in [2.05, 4.69) is 54.0 Å². The molecule has 6 heteroatoms. The second kappa shape index (κ2) is 8.39. The molecule has 0 spiro atoms. The van der Waals surface area contributed by atoms with Gasteiger partial charge in [-0.1, -0.05) is 30.3 Å². The predicted molar refractivity (Wildman–Crippen MR) is 107 cm³/mol. The van der Waals surface area contributed by atoms with Gasteiger partial charge in [-0.2, -0.15) is 0 Å². The fraction of sp³-hybridized carbons (Fsp3) is 0.421. The van der Waals surface area contributed by atoms with Crippen LogP contribution in [-0.2, 0) is 0 Å². The van der Waals surface area contributed by atoms with E-state index in [9.17, 15) is 4.79 Å². The van der Waals surface area contributed by atoms with Gasteiger partial charge in [-0.3, -0.25) is 4.79 Å².